The molecular formula is C20H26N4O. The summed E-state index contributed by atoms with van der Waals surface area (Å²) >= 11 is 0. The predicted molar refractivity (Wildman–Crippen MR) is 99.4 cm³/mol. The van der Waals surface area contributed by atoms with Crippen LogP contribution in [0.25, 0.3) is 0 Å². The highest BCUT2D eigenvalue weighted by atomic mass is 16.1. The maximum Gasteiger partial charge on any atom is 0.225 e. The predicted octanol–water partition coefficient (Wildman–Crippen LogP) is 3.02. The molecule has 1 saturated heterocycles. The van der Waals surface area contributed by atoms with Crippen molar-refractivity contribution in [2.24, 2.45) is 0 Å². The number of nitrogens with zero attached hydrogens (tertiary/aromatic N) is 3. The van der Waals surface area contributed by atoms with Crippen LogP contribution in [0.5, 0.6) is 0 Å². The van der Waals surface area contributed by atoms with Crippen molar-refractivity contribution in [3.63, 3.8) is 0 Å². The van der Waals surface area contributed by atoms with Crippen molar-refractivity contribution < 1.29 is 4.79 Å². The van der Waals surface area contributed by atoms with Gasteiger partial charge in [-0.1, -0.05) is 30.3 Å². The largest absolute Gasteiger partial charge is 0.350 e. The topological polar surface area (TPSA) is 58.1 Å². The average Bonchev–Trinajstić information content (AvgIpc) is 3.15. The number of anilines is 1. The summed E-state index contributed by atoms with van der Waals surface area (Å²) in [6.07, 6.45) is 4.73. The van der Waals surface area contributed by atoms with Gasteiger partial charge in [-0.05, 0) is 44.2 Å². The van der Waals surface area contributed by atoms with Crippen molar-refractivity contribution in [2.75, 3.05) is 18.0 Å². The van der Waals surface area contributed by atoms with Gasteiger partial charge in [0.05, 0.1) is 12.2 Å². The molecule has 25 heavy (non-hydrogen) atoms. The highest BCUT2D eigenvalue weighted by molar-refractivity contribution is 5.75. The fraction of sp³-hybridized carbons (Fsp3) is 0.450. The summed E-state index contributed by atoms with van der Waals surface area (Å²) in [7, 11) is 0. The first kappa shape index (κ1) is 17.4. The van der Waals surface area contributed by atoms with Crippen LogP contribution in [0.3, 0.4) is 0 Å². The molecule has 0 radical (unpaired) electrons. The zero-order valence-electron chi connectivity index (χ0n) is 14.9. The van der Waals surface area contributed by atoms with Crippen LogP contribution in [0.1, 0.15) is 42.6 Å². The van der Waals surface area contributed by atoms with Crippen molar-refractivity contribution in [2.45, 2.75) is 45.6 Å². The summed E-state index contributed by atoms with van der Waals surface area (Å²) in [4.78, 5) is 23.4. The third kappa shape index (κ3) is 5.28. The Labute approximate surface area is 149 Å². The standard InChI is InChI=1S/C20H26N4O/c1-16-14-18(23-20(22-16)24-12-5-6-13-24)15-21-19(25)11-7-10-17-8-3-2-4-9-17/h2-4,8-9,14H,5-7,10-13,15H2,1H3,(H,21,25). The highest BCUT2D eigenvalue weighted by Crippen LogP contribution is 2.16. The molecule has 1 aliphatic rings. The lowest BCUT2D eigenvalue weighted by Gasteiger charge is -2.16. The van der Waals surface area contributed by atoms with Crippen molar-refractivity contribution in [3.8, 4) is 0 Å². The fourth-order valence-corrected chi connectivity index (χ4v) is 3.14. The lowest BCUT2D eigenvalue weighted by Crippen LogP contribution is -2.25. The molecule has 0 saturated carbocycles. The first-order chi connectivity index (χ1) is 12.2. The summed E-state index contributed by atoms with van der Waals surface area (Å²) < 4.78 is 0. The molecule has 1 aliphatic heterocycles. The second-order valence-electron chi connectivity index (χ2n) is 6.61. The van der Waals surface area contributed by atoms with Crippen LogP contribution in [0, 0.1) is 6.92 Å². The second-order valence-corrected chi connectivity index (χ2v) is 6.61. The third-order valence-electron chi connectivity index (χ3n) is 4.46. The molecule has 0 unspecified atom stereocenters. The van der Waals surface area contributed by atoms with Crippen LogP contribution in [0.2, 0.25) is 0 Å². The van der Waals surface area contributed by atoms with E-state index in [1.807, 2.05) is 31.2 Å². The molecule has 0 spiro atoms. The summed E-state index contributed by atoms with van der Waals surface area (Å²) in [5.74, 6) is 0.876. The van der Waals surface area contributed by atoms with Crippen LogP contribution in [-0.4, -0.2) is 29.0 Å². The molecule has 5 heteroatoms. The minimum Gasteiger partial charge on any atom is -0.350 e. The first-order valence-electron chi connectivity index (χ1n) is 9.11. The Bertz CT molecular complexity index is 696. The number of rotatable bonds is 7. The quantitative estimate of drug-likeness (QED) is 0.843. The van der Waals surface area contributed by atoms with E-state index in [1.165, 1.54) is 18.4 Å². The van der Waals surface area contributed by atoms with Gasteiger partial charge in [-0.15, -0.1) is 0 Å². The van der Waals surface area contributed by atoms with Crippen LogP contribution >= 0.6 is 0 Å². The fourth-order valence-electron chi connectivity index (χ4n) is 3.14. The monoisotopic (exact) mass is 338 g/mol. The van der Waals surface area contributed by atoms with Crippen molar-refractivity contribution in [1.29, 1.82) is 0 Å². The molecule has 2 aromatic rings. The number of amides is 1. The molecule has 0 aliphatic carbocycles. The van der Waals surface area contributed by atoms with Gasteiger partial charge < -0.3 is 10.2 Å². The molecule has 1 N–H and O–H groups in total. The number of nitrogens with one attached hydrogen (secondary N) is 1. The SMILES string of the molecule is Cc1cc(CNC(=O)CCCc2ccccc2)nc(N2CCCC2)n1. The van der Waals surface area contributed by atoms with Gasteiger partial charge in [-0.3, -0.25) is 4.79 Å². The Balaban J connectivity index is 1.46. The number of benzene rings is 1. The maximum atomic E-state index is 12.1. The Morgan fingerprint density at radius 2 is 1.92 bits per heavy atom. The minimum atomic E-state index is 0.0786. The molecule has 1 fully saturated rings. The molecule has 3 rings (SSSR count). The van der Waals surface area contributed by atoms with E-state index in [0.29, 0.717) is 13.0 Å². The number of aromatic nitrogens is 2. The van der Waals surface area contributed by atoms with Crippen LogP contribution < -0.4 is 10.2 Å². The van der Waals surface area contributed by atoms with Gasteiger partial charge in [0.25, 0.3) is 0 Å². The van der Waals surface area contributed by atoms with Gasteiger partial charge >= 0.3 is 0 Å². The Morgan fingerprint density at radius 1 is 1.16 bits per heavy atom. The molecule has 1 aromatic carbocycles. The van der Waals surface area contributed by atoms with E-state index >= 15 is 0 Å². The third-order valence-corrected chi connectivity index (χ3v) is 4.46. The van der Waals surface area contributed by atoms with E-state index in [0.717, 1.165) is 43.3 Å². The normalized spacial score (nSPS) is 13.9. The number of aryl methyl sites for hydroxylation is 2. The molecule has 1 amide bonds. The molecular weight excluding hydrogens is 312 g/mol. The second kappa shape index (κ2) is 8.60. The lowest BCUT2D eigenvalue weighted by atomic mass is 10.1. The maximum absolute atomic E-state index is 12.1. The Kier molecular flexibility index (Phi) is 5.99. The highest BCUT2D eigenvalue weighted by Gasteiger charge is 2.16. The molecule has 132 valence electrons. The molecule has 5 nitrogen and oxygen atoms in total. The molecule has 0 atom stereocenters. The van der Waals surface area contributed by atoms with Crippen LogP contribution in [-0.2, 0) is 17.8 Å². The molecule has 0 bridgehead atoms. The molecule has 1 aromatic heterocycles. The number of carbonyl (C=O) groups excluding carboxylic acids is 1. The zero-order valence-corrected chi connectivity index (χ0v) is 14.9. The van der Waals surface area contributed by atoms with Gasteiger partial charge in [0.2, 0.25) is 11.9 Å². The number of hydrogen-bond acceptors (Lipinski definition) is 4. The smallest absolute Gasteiger partial charge is 0.225 e. The van der Waals surface area contributed by atoms with Crippen LogP contribution in [0.4, 0.5) is 5.95 Å². The van der Waals surface area contributed by atoms with E-state index in [2.05, 4.69) is 32.3 Å². The van der Waals surface area contributed by atoms with Gasteiger partial charge in [0.1, 0.15) is 0 Å². The van der Waals surface area contributed by atoms with E-state index < -0.39 is 0 Å². The van der Waals surface area contributed by atoms with E-state index in [1.54, 1.807) is 0 Å². The van der Waals surface area contributed by atoms with Crippen LogP contribution in [0.15, 0.2) is 36.4 Å². The number of hydrogen-bond donors (Lipinski definition) is 1. The summed E-state index contributed by atoms with van der Waals surface area (Å²) in [5, 5.41) is 2.98. The zero-order chi connectivity index (χ0) is 17.5. The van der Waals surface area contributed by atoms with Gasteiger partial charge in [0, 0.05) is 25.2 Å². The first-order valence-corrected chi connectivity index (χ1v) is 9.11. The van der Waals surface area contributed by atoms with Gasteiger partial charge in [0.15, 0.2) is 0 Å². The minimum absolute atomic E-state index is 0.0786. The Hall–Kier alpha value is -2.43. The lowest BCUT2D eigenvalue weighted by molar-refractivity contribution is -0.121. The van der Waals surface area contributed by atoms with E-state index in [4.69, 9.17) is 0 Å². The summed E-state index contributed by atoms with van der Waals surface area (Å²) in [5.41, 5.74) is 3.10. The summed E-state index contributed by atoms with van der Waals surface area (Å²) in [6, 6.07) is 12.2. The summed E-state index contributed by atoms with van der Waals surface area (Å²) in [6.45, 7) is 4.49. The van der Waals surface area contributed by atoms with Gasteiger partial charge in [-0.25, -0.2) is 9.97 Å². The van der Waals surface area contributed by atoms with Crippen molar-refractivity contribution in [3.05, 3.63) is 53.3 Å². The number of carbonyl (C=O) groups is 1. The Morgan fingerprint density at radius 3 is 2.68 bits per heavy atom. The molecule has 2 heterocycles. The van der Waals surface area contributed by atoms with E-state index in [-0.39, 0.29) is 5.91 Å². The van der Waals surface area contributed by atoms with Gasteiger partial charge in [-0.2, -0.15) is 0 Å². The van der Waals surface area contributed by atoms with Crippen molar-refractivity contribution in [1.82, 2.24) is 15.3 Å². The average molecular weight is 338 g/mol. The van der Waals surface area contributed by atoms with Crippen molar-refractivity contribution >= 4 is 11.9 Å². The van der Waals surface area contributed by atoms with E-state index in [9.17, 15) is 4.79 Å².